The van der Waals surface area contributed by atoms with Gasteiger partial charge in [-0.25, -0.2) is 0 Å². The van der Waals surface area contributed by atoms with Crippen molar-refractivity contribution in [2.75, 3.05) is 6.54 Å². The van der Waals surface area contributed by atoms with Gasteiger partial charge < -0.3 is 15.4 Å². The number of amides is 1. The lowest BCUT2D eigenvalue weighted by molar-refractivity contribution is -0.122. The van der Waals surface area contributed by atoms with Crippen molar-refractivity contribution in [3.8, 4) is 0 Å². The average molecular weight is 252 g/mol. The smallest absolute Gasteiger partial charge is 0.226 e. The fourth-order valence-electron chi connectivity index (χ4n) is 2.21. The third kappa shape index (κ3) is 4.92. The molecule has 0 spiro atoms. The van der Waals surface area contributed by atoms with E-state index in [1.165, 1.54) is 0 Å². The van der Waals surface area contributed by atoms with Gasteiger partial charge in [-0.05, 0) is 25.0 Å². The number of rotatable bonds is 8. The molecule has 3 N–H and O–H groups in total. The van der Waals surface area contributed by atoms with Crippen molar-refractivity contribution in [1.82, 2.24) is 10.3 Å². The first kappa shape index (κ1) is 14.8. The monoisotopic (exact) mass is 252 g/mol. The largest absolute Gasteiger partial charge is 0.388 e. The van der Waals surface area contributed by atoms with Crippen molar-refractivity contribution < 1.29 is 9.90 Å². The molecule has 18 heavy (non-hydrogen) atoms. The molecule has 1 aromatic rings. The molecule has 0 saturated heterocycles. The minimum Gasteiger partial charge on any atom is -0.388 e. The molecule has 0 atom stereocenters. The van der Waals surface area contributed by atoms with E-state index in [2.05, 4.69) is 10.3 Å². The van der Waals surface area contributed by atoms with E-state index in [1.54, 1.807) is 6.20 Å². The van der Waals surface area contributed by atoms with Crippen molar-refractivity contribution in [2.45, 2.75) is 51.6 Å². The zero-order chi connectivity index (χ0) is 13.4. The van der Waals surface area contributed by atoms with Crippen LogP contribution in [0.1, 0.15) is 45.2 Å². The van der Waals surface area contributed by atoms with Crippen LogP contribution in [0.5, 0.6) is 0 Å². The van der Waals surface area contributed by atoms with Gasteiger partial charge in [-0.15, -0.1) is 0 Å². The molecule has 0 saturated carbocycles. The zero-order valence-corrected chi connectivity index (χ0v) is 11.3. The average Bonchev–Trinajstić information content (AvgIpc) is 2.80. The summed E-state index contributed by atoms with van der Waals surface area (Å²) in [7, 11) is 0. The van der Waals surface area contributed by atoms with Crippen molar-refractivity contribution >= 4 is 5.91 Å². The van der Waals surface area contributed by atoms with Crippen molar-refractivity contribution in [2.24, 2.45) is 0 Å². The zero-order valence-electron chi connectivity index (χ0n) is 11.3. The summed E-state index contributed by atoms with van der Waals surface area (Å²) in [5.74, 6) is -0.0527. The van der Waals surface area contributed by atoms with Crippen LogP contribution in [-0.2, 0) is 11.2 Å². The molecule has 0 bridgehead atoms. The highest BCUT2D eigenvalue weighted by molar-refractivity contribution is 5.78. The number of carbonyl (C=O) groups is 1. The minimum absolute atomic E-state index is 0.0527. The van der Waals surface area contributed by atoms with Crippen molar-refractivity contribution in [3.05, 3.63) is 24.0 Å². The number of nitrogens with one attached hydrogen (secondary N) is 2. The molecule has 1 rings (SSSR count). The van der Waals surface area contributed by atoms with Crippen LogP contribution in [0.4, 0.5) is 0 Å². The number of aliphatic hydroxyl groups is 1. The molecule has 0 radical (unpaired) electrons. The first-order chi connectivity index (χ1) is 8.59. The molecule has 102 valence electrons. The Labute approximate surface area is 109 Å². The molecule has 1 amide bonds. The maximum Gasteiger partial charge on any atom is 0.226 e. The minimum atomic E-state index is -0.755. The number of hydrogen-bond donors (Lipinski definition) is 3. The number of carbonyl (C=O) groups excluding carboxylic acids is 1. The summed E-state index contributed by atoms with van der Waals surface area (Å²) in [5, 5.41) is 13.2. The summed E-state index contributed by atoms with van der Waals surface area (Å²) in [5.41, 5.74) is 0.136. The molecule has 1 heterocycles. The number of hydrogen-bond acceptors (Lipinski definition) is 2. The van der Waals surface area contributed by atoms with Crippen LogP contribution in [0.2, 0.25) is 0 Å². The third-order valence-electron chi connectivity index (χ3n) is 3.06. The molecule has 1 aromatic heterocycles. The molecule has 0 unspecified atom stereocenters. The van der Waals surface area contributed by atoms with Gasteiger partial charge in [-0.2, -0.15) is 0 Å². The summed E-state index contributed by atoms with van der Waals surface area (Å²) in [6.07, 6.45) is 5.42. The van der Waals surface area contributed by atoms with Crippen LogP contribution in [0.3, 0.4) is 0 Å². The summed E-state index contributed by atoms with van der Waals surface area (Å²) in [4.78, 5) is 14.7. The molecular weight excluding hydrogens is 228 g/mol. The van der Waals surface area contributed by atoms with Gasteiger partial charge in [0.2, 0.25) is 5.91 Å². The Morgan fingerprint density at radius 1 is 1.39 bits per heavy atom. The van der Waals surface area contributed by atoms with E-state index >= 15 is 0 Å². The summed E-state index contributed by atoms with van der Waals surface area (Å²) >= 11 is 0. The first-order valence-electron chi connectivity index (χ1n) is 6.71. The number of aromatic nitrogens is 1. The summed E-state index contributed by atoms with van der Waals surface area (Å²) < 4.78 is 0. The van der Waals surface area contributed by atoms with Gasteiger partial charge in [0.15, 0.2) is 0 Å². The Morgan fingerprint density at radius 2 is 2.06 bits per heavy atom. The lowest BCUT2D eigenvalue weighted by Crippen LogP contribution is -2.43. The van der Waals surface area contributed by atoms with Gasteiger partial charge in [-0.3, -0.25) is 4.79 Å². The maximum absolute atomic E-state index is 11.7. The highest BCUT2D eigenvalue weighted by Gasteiger charge is 2.25. The van der Waals surface area contributed by atoms with Crippen LogP contribution in [0, 0.1) is 0 Å². The molecule has 4 nitrogen and oxygen atoms in total. The van der Waals surface area contributed by atoms with Gasteiger partial charge >= 0.3 is 0 Å². The third-order valence-corrected chi connectivity index (χ3v) is 3.06. The highest BCUT2D eigenvalue weighted by atomic mass is 16.3. The van der Waals surface area contributed by atoms with Crippen LogP contribution < -0.4 is 5.32 Å². The molecule has 4 heteroatoms. The summed E-state index contributed by atoms with van der Waals surface area (Å²) in [6.45, 7) is 4.43. The molecule has 0 aliphatic heterocycles. The van der Waals surface area contributed by atoms with E-state index in [1.807, 2.05) is 26.0 Å². The SMILES string of the molecule is CCCC(O)(CCC)CNC(=O)Cc1ccc[nH]1. The van der Waals surface area contributed by atoms with E-state index in [4.69, 9.17) is 0 Å². The molecule has 0 aliphatic rings. The van der Waals surface area contributed by atoms with Crippen molar-refractivity contribution in [3.63, 3.8) is 0 Å². The predicted molar refractivity (Wildman–Crippen MR) is 72.3 cm³/mol. The van der Waals surface area contributed by atoms with E-state index in [-0.39, 0.29) is 5.91 Å². The Balaban J connectivity index is 2.39. The number of aromatic amines is 1. The fraction of sp³-hybridized carbons (Fsp3) is 0.643. The highest BCUT2D eigenvalue weighted by Crippen LogP contribution is 2.18. The van der Waals surface area contributed by atoms with Gasteiger partial charge in [0, 0.05) is 18.4 Å². The Kier molecular flexibility index (Phi) is 5.92. The van der Waals surface area contributed by atoms with Crippen LogP contribution in [0.25, 0.3) is 0 Å². The predicted octanol–water partition coefficient (Wildman–Crippen LogP) is 2.00. The normalized spacial score (nSPS) is 11.5. The second-order valence-electron chi connectivity index (χ2n) is 4.87. The van der Waals surface area contributed by atoms with Crippen molar-refractivity contribution in [1.29, 1.82) is 0 Å². The van der Waals surface area contributed by atoms with E-state index in [0.717, 1.165) is 31.4 Å². The molecular formula is C14H24N2O2. The van der Waals surface area contributed by atoms with E-state index in [0.29, 0.717) is 13.0 Å². The number of H-pyrrole nitrogens is 1. The fourth-order valence-corrected chi connectivity index (χ4v) is 2.21. The van der Waals surface area contributed by atoms with Gasteiger partial charge in [0.1, 0.15) is 0 Å². The summed E-state index contributed by atoms with van der Waals surface area (Å²) in [6, 6.07) is 3.75. The Bertz CT molecular complexity index is 341. The molecule has 0 aromatic carbocycles. The van der Waals surface area contributed by atoms with Gasteiger partial charge in [0.25, 0.3) is 0 Å². The lowest BCUT2D eigenvalue weighted by Gasteiger charge is -2.27. The van der Waals surface area contributed by atoms with Crippen LogP contribution in [0.15, 0.2) is 18.3 Å². The van der Waals surface area contributed by atoms with Crippen LogP contribution >= 0.6 is 0 Å². The van der Waals surface area contributed by atoms with E-state index in [9.17, 15) is 9.90 Å². The Morgan fingerprint density at radius 3 is 2.56 bits per heavy atom. The lowest BCUT2D eigenvalue weighted by atomic mass is 9.92. The van der Waals surface area contributed by atoms with Crippen LogP contribution in [-0.4, -0.2) is 28.1 Å². The van der Waals surface area contributed by atoms with Gasteiger partial charge in [0.05, 0.1) is 12.0 Å². The second kappa shape index (κ2) is 7.21. The Hall–Kier alpha value is -1.29. The maximum atomic E-state index is 11.7. The standard InChI is InChI=1S/C14H24N2O2/c1-3-7-14(18,8-4-2)11-16-13(17)10-12-6-5-9-15-12/h5-6,9,15,18H,3-4,7-8,10-11H2,1-2H3,(H,16,17). The topological polar surface area (TPSA) is 65.1 Å². The van der Waals surface area contributed by atoms with Gasteiger partial charge in [-0.1, -0.05) is 26.7 Å². The molecule has 0 aliphatic carbocycles. The first-order valence-corrected chi connectivity index (χ1v) is 6.71. The quantitative estimate of drug-likeness (QED) is 0.662. The van der Waals surface area contributed by atoms with E-state index < -0.39 is 5.60 Å². The second-order valence-corrected chi connectivity index (χ2v) is 4.87. The molecule has 0 fully saturated rings.